The number of imide groups is 1. The van der Waals surface area contributed by atoms with Gasteiger partial charge in [-0.1, -0.05) is 36.4 Å². The van der Waals surface area contributed by atoms with Gasteiger partial charge in [-0.05, 0) is 47.9 Å². The first-order chi connectivity index (χ1) is 12.3. The number of hydrogen-bond donors (Lipinski definition) is 0. The Balaban J connectivity index is 1.83. The lowest BCUT2D eigenvalue weighted by molar-refractivity contribution is 0.0522. The van der Waals surface area contributed by atoms with Crippen LogP contribution >= 0.6 is 0 Å². The molecule has 2 amide bonds. The Bertz CT molecular complexity index is 923. The zero-order chi connectivity index (χ0) is 17.2. The van der Waals surface area contributed by atoms with Crippen LogP contribution in [0.25, 0.3) is 0 Å². The van der Waals surface area contributed by atoms with Gasteiger partial charge in [-0.15, -0.1) is 0 Å². The summed E-state index contributed by atoms with van der Waals surface area (Å²) in [7, 11) is 0. The molecule has 4 nitrogen and oxygen atoms in total. The van der Waals surface area contributed by atoms with Crippen molar-refractivity contribution in [2.45, 2.75) is 12.5 Å². The zero-order valence-corrected chi connectivity index (χ0v) is 13.5. The van der Waals surface area contributed by atoms with E-state index in [1.807, 2.05) is 36.4 Å². The molecule has 0 saturated heterocycles. The summed E-state index contributed by atoms with van der Waals surface area (Å²) < 4.78 is 0. The third-order valence-corrected chi connectivity index (χ3v) is 4.52. The number of carbonyl (C=O) groups excluding carboxylic acids is 2. The van der Waals surface area contributed by atoms with Crippen molar-refractivity contribution in [2.24, 2.45) is 0 Å². The summed E-state index contributed by atoms with van der Waals surface area (Å²) in [5.41, 5.74) is 2.97. The molecule has 0 saturated carbocycles. The van der Waals surface area contributed by atoms with E-state index in [0.717, 1.165) is 11.1 Å². The molecule has 0 aliphatic carbocycles. The highest BCUT2D eigenvalue weighted by molar-refractivity contribution is 6.12. The van der Waals surface area contributed by atoms with E-state index in [9.17, 15) is 9.59 Å². The van der Waals surface area contributed by atoms with Gasteiger partial charge in [-0.3, -0.25) is 19.5 Å². The Morgan fingerprint density at radius 1 is 0.920 bits per heavy atom. The Morgan fingerprint density at radius 3 is 2.36 bits per heavy atom. The van der Waals surface area contributed by atoms with Crippen LogP contribution in [0.4, 0.5) is 0 Å². The molecule has 0 fully saturated rings. The number of amides is 2. The van der Waals surface area contributed by atoms with Crippen molar-refractivity contribution in [2.75, 3.05) is 0 Å². The Morgan fingerprint density at radius 2 is 1.60 bits per heavy atom. The second kappa shape index (κ2) is 6.32. The standard InChI is InChI=1S/C21H16N2O2/c24-20(16-6-2-1-3-7-16)23-19(15-10-12-22-13-11-15)14-17-8-4-5-9-18(17)21(23)25/h1-13,19H,14H2. The summed E-state index contributed by atoms with van der Waals surface area (Å²) in [6.45, 7) is 0. The van der Waals surface area contributed by atoms with Crippen molar-refractivity contribution in [3.8, 4) is 0 Å². The van der Waals surface area contributed by atoms with Gasteiger partial charge in [0, 0.05) is 23.5 Å². The van der Waals surface area contributed by atoms with Crippen molar-refractivity contribution in [1.82, 2.24) is 9.88 Å². The number of fused-ring (bicyclic) bond motifs is 1. The Hall–Kier alpha value is -3.27. The van der Waals surface area contributed by atoms with E-state index >= 15 is 0 Å². The minimum Gasteiger partial charge on any atom is -0.269 e. The fourth-order valence-electron chi connectivity index (χ4n) is 3.28. The minimum absolute atomic E-state index is 0.252. The van der Waals surface area contributed by atoms with Crippen LogP contribution in [-0.2, 0) is 6.42 Å². The molecule has 2 aromatic carbocycles. The number of carbonyl (C=O) groups is 2. The van der Waals surface area contributed by atoms with Crippen molar-refractivity contribution in [3.63, 3.8) is 0 Å². The minimum atomic E-state index is -0.335. The number of pyridine rings is 1. The van der Waals surface area contributed by atoms with E-state index in [-0.39, 0.29) is 17.9 Å². The molecule has 0 spiro atoms. The van der Waals surface area contributed by atoms with E-state index in [1.54, 1.807) is 42.7 Å². The number of hydrogen-bond acceptors (Lipinski definition) is 3. The van der Waals surface area contributed by atoms with Crippen LogP contribution in [0.2, 0.25) is 0 Å². The van der Waals surface area contributed by atoms with Crippen LogP contribution < -0.4 is 0 Å². The molecule has 0 N–H and O–H groups in total. The van der Waals surface area contributed by atoms with Gasteiger partial charge in [0.15, 0.2) is 0 Å². The van der Waals surface area contributed by atoms with E-state index < -0.39 is 0 Å². The summed E-state index contributed by atoms with van der Waals surface area (Å²) in [6, 6.07) is 19.8. The van der Waals surface area contributed by atoms with Crippen LogP contribution in [0.5, 0.6) is 0 Å². The molecule has 4 rings (SSSR count). The first-order valence-electron chi connectivity index (χ1n) is 8.16. The topological polar surface area (TPSA) is 50.3 Å². The molecule has 1 aromatic heterocycles. The molecule has 0 bridgehead atoms. The van der Waals surface area contributed by atoms with Crippen LogP contribution in [0.3, 0.4) is 0 Å². The predicted octanol–water partition coefficient (Wildman–Crippen LogP) is 3.66. The zero-order valence-electron chi connectivity index (χ0n) is 13.5. The summed E-state index contributed by atoms with van der Waals surface area (Å²) in [4.78, 5) is 31.6. The molecule has 2 heterocycles. The molecular formula is C21H16N2O2. The maximum atomic E-state index is 13.1. The highest BCUT2D eigenvalue weighted by atomic mass is 16.2. The predicted molar refractivity (Wildman–Crippen MR) is 94.1 cm³/mol. The normalized spacial score (nSPS) is 16.4. The van der Waals surface area contributed by atoms with Gasteiger partial charge in [0.05, 0.1) is 6.04 Å². The second-order valence-electron chi connectivity index (χ2n) is 6.00. The first-order valence-corrected chi connectivity index (χ1v) is 8.16. The summed E-state index contributed by atoms with van der Waals surface area (Å²) in [5, 5.41) is 0. The van der Waals surface area contributed by atoms with Crippen molar-refractivity contribution >= 4 is 11.8 Å². The summed E-state index contributed by atoms with van der Waals surface area (Å²) >= 11 is 0. The number of benzene rings is 2. The molecule has 0 radical (unpaired) electrons. The van der Waals surface area contributed by atoms with E-state index in [1.165, 1.54) is 4.90 Å². The molecule has 1 aliphatic rings. The van der Waals surface area contributed by atoms with Crippen molar-refractivity contribution in [1.29, 1.82) is 0 Å². The third kappa shape index (κ3) is 2.72. The van der Waals surface area contributed by atoms with Gasteiger partial charge >= 0.3 is 0 Å². The van der Waals surface area contributed by atoms with Crippen LogP contribution in [0, 0.1) is 0 Å². The lowest BCUT2D eigenvalue weighted by atomic mass is 9.89. The van der Waals surface area contributed by atoms with Crippen molar-refractivity contribution < 1.29 is 9.59 Å². The first kappa shape index (κ1) is 15.3. The highest BCUT2D eigenvalue weighted by Gasteiger charge is 2.37. The molecule has 4 heteroatoms. The second-order valence-corrected chi connectivity index (χ2v) is 6.00. The average molecular weight is 328 g/mol. The largest absolute Gasteiger partial charge is 0.269 e. The molecule has 3 aromatic rings. The average Bonchev–Trinajstić information content (AvgIpc) is 2.69. The van der Waals surface area contributed by atoms with Crippen molar-refractivity contribution in [3.05, 3.63) is 101 Å². The smallest absolute Gasteiger partial charge is 0.261 e. The highest BCUT2D eigenvalue weighted by Crippen LogP contribution is 2.34. The van der Waals surface area contributed by atoms with Gasteiger partial charge in [-0.2, -0.15) is 0 Å². The molecule has 1 atom stereocenters. The Kier molecular flexibility index (Phi) is 3.86. The summed E-state index contributed by atoms with van der Waals surface area (Å²) in [6.07, 6.45) is 3.97. The SMILES string of the molecule is O=C(c1ccccc1)N1C(=O)c2ccccc2CC1c1ccncc1. The quantitative estimate of drug-likeness (QED) is 0.675. The molecule has 122 valence electrons. The lowest BCUT2D eigenvalue weighted by Gasteiger charge is -2.35. The summed E-state index contributed by atoms with van der Waals surface area (Å²) in [5.74, 6) is -0.528. The molecule has 1 unspecified atom stereocenters. The van der Waals surface area contributed by atoms with E-state index in [4.69, 9.17) is 0 Å². The number of rotatable bonds is 2. The van der Waals surface area contributed by atoms with E-state index in [0.29, 0.717) is 17.5 Å². The maximum absolute atomic E-state index is 13.1. The molecule has 1 aliphatic heterocycles. The number of aromatic nitrogens is 1. The van der Waals surface area contributed by atoms with Crippen LogP contribution in [-0.4, -0.2) is 21.7 Å². The van der Waals surface area contributed by atoms with E-state index in [2.05, 4.69) is 4.98 Å². The molecular weight excluding hydrogens is 312 g/mol. The number of nitrogens with zero attached hydrogens (tertiary/aromatic N) is 2. The van der Waals surface area contributed by atoms with Gasteiger partial charge < -0.3 is 0 Å². The van der Waals surface area contributed by atoms with Crippen LogP contribution in [0.1, 0.15) is 37.9 Å². The maximum Gasteiger partial charge on any atom is 0.261 e. The van der Waals surface area contributed by atoms with Gasteiger partial charge in [0.1, 0.15) is 0 Å². The fourth-order valence-corrected chi connectivity index (χ4v) is 3.28. The third-order valence-electron chi connectivity index (χ3n) is 4.52. The lowest BCUT2D eigenvalue weighted by Crippen LogP contribution is -2.44. The molecule has 25 heavy (non-hydrogen) atoms. The fraction of sp³-hybridized carbons (Fsp3) is 0.0952. The monoisotopic (exact) mass is 328 g/mol. The van der Waals surface area contributed by atoms with Gasteiger partial charge in [0.25, 0.3) is 11.8 Å². The Labute approximate surface area is 145 Å². The van der Waals surface area contributed by atoms with Crippen LogP contribution in [0.15, 0.2) is 79.1 Å². The van der Waals surface area contributed by atoms with Gasteiger partial charge in [0.2, 0.25) is 0 Å². The van der Waals surface area contributed by atoms with Gasteiger partial charge in [-0.25, -0.2) is 0 Å².